The second-order valence-electron chi connectivity index (χ2n) is 7.10. The molecule has 0 N–H and O–H groups in total. The number of hydrogen-bond acceptors (Lipinski definition) is 2. The molecule has 2 aliphatic rings. The minimum atomic E-state index is -2.33. The van der Waals surface area contributed by atoms with E-state index in [1.165, 1.54) is 0 Å². The predicted octanol–water partition coefficient (Wildman–Crippen LogP) is 4.67. The molecule has 2 rings (SSSR count). The smallest absolute Gasteiger partial charge is 0.241 e. The highest BCUT2D eigenvalue weighted by Gasteiger charge is 2.60. The summed E-state index contributed by atoms with van der Waals surface area (Å²) in [7, 11) is -2.10. The Balaban J connectivity index is 2.50. The summed E-state index contributed by atoms with van der Waals surface area (Å²) in [6.07, 6.45) is 4.77. The Hall–Kier alpha value is -1.01. The van der Waals surface area contributed by atoms with Crippen LogP contribution in [0, 0.1) is 23.2 Å². The molecule has 0 aromatic rings. The second-order valence-corrected chi connectivity index (χ2v) is 11.5. The van der Waals surface area contributed by atoms with Crippen molar-refractivity contribution >= 4 is 14.1 Å². The summed E-state index contributed by atoms with van der Waals surface area (Å²) < 4.78 is 29.7. The summed E-state index contributed by atoms with van der Waals surface area (Å²) in [5, 5.41) is 0. The van der Waals surface area contributed by atoms with Crippen molar-refractivity contribution in [3.63, 3.8) is 0 Å². The first-order valence-corrected chi connectivity index (χ1v) is 11.4. The van der Waals surface area contributed by atoms with Gasteiger partial charge in [0.1, 0.15) is 5.41 Å². The number of carbonyl (C=O) groups excluding carboxylic acids is 1. The number of Topliss-reactive ketones (excluding diaryl/α,β-unsaturated/α-hetero) is 1. The molecule has 2 saturated carbocycles. The van der Waals surface area contributed by atoms with E-state index in [0.717, 1.165) is 25.7 Å². The molecule has 0 aromatic carbocycles. The molecule has 3 heteroatoms. The van der Waals surface area contributed by atoms with Gasteiger partial charge < -0.3 is 4.43 Å². The molecule has 2 atom stereocenters. The van der Waals surface area contributed by atoms with Gasteiger partial charge in [0.05, 0.1) is 5.76 Å². The molecule has 0 aliphatic heterocycles. The third-order valence-electron chi connectivity index (χ3n) is 4.33. The molecule has 0 amide bonds. The number of ketones is 1. The summed E-state index contributed by atoms with van der Waals surface area (Å²) in [6.45, 7) is 5.67. The lowest BCUT2D eigenvalue weighted by Gasteiger charge is -2.40. The Labute approximate surface area is 134 Å². The molecular weight excluding hydrogens is 276 g/mol. The third kappa shape index (κ3) is 3.11. The zero-order chi connectivity index (χ0) is 18.2. The maximum atomic E-state index is 12.5. The van der Waals surface area contributed by atoms with Crippen molar-refractivity contribution in [1.82, 2.24) is 0 Å². The first kappa shape index (κ1) is 12.5. The van der Waals surface area contributed by atoms with Gasteiger partial charge in [-0.15, -0.1) is 5.92 Å². The number of carbonyl (C=O) groups is 1. The number of allylic oxidation sites excluding steroid dienone is 2. The van der Waals surface area contributed by atoms with Gasteiger partial charge >= 0.3 is 0 Å². The van der Waals surface area contributed by atoms with Crippen LogP contribution in [-0.4, -0.2) is 14.1 Å². The van der Waals surface area contributed by atoms with E-state index in [9.17, 15) is 4.79 Å². The van der Waals surface area contributed by atoms with Crippen molar-refractivity contribution in [3.05, 3.63) is 11.3 Å². The summed E-state index contributed by atoms with van der Waals surface area (Å²) in [6, 6.07) is 0. The van der Waals surface area contributed by atoms with E-state index >= 15 is 0 Å². The van der Waals surface area contributed by atoms with Gasteiger partial charge in [0.15, 0.2) is 5.78 Å². The van der Waals surface area contributed by atoms with E-state index in [1.807, 2.05) is 19.6 Å². The van der Waals surface area contributed by atoms with E-state index in [1.54, 1.807) is 0 Å². The predicted molar refractivity (Wildman–Crippen MR) is 89.2 cm³/mol. The Morgan fingerprint density at radius 3 is 2.86 bits per heavy atom. The second kappa shape index (κ2) is 6.00. The standard InChI is InChI=1S/C18H28O2Si/c1-6-7-8-9-12-18-15(13-17(18)19)10-11-16(18)14(2)20-21(3,4)5/h15H,6-8,10-11,13H2,1-5H3/b16-14+/t15-,18+/m1/s1/i2D3. The number of hydrogen-bond donors (Lipinski definition) is 0. The van der Waals surface area contributed by atoms with Crippen LogP contribution in [0.4, 0.5) is 0 Å². The molecular formula is C18H28O2Si. The SMILES string of the molecule is [2H]C([2H])([2H])/C(O[Si](C)(C)C)=C1/CC[C@@H]2CC(=O)[C@]12C#CCCCC. The molecule has 21 heavy (non-hydrogen) atoms. The minimum Gasteiger partial charge on any atom is -0.548 e. The van der Waals surface area contributed by atoms with Crippen LogP contribution in [-0.2, 0) is 9.22 Å². The molecule has 0 radical (unpaired) electrons. The van der Waals surface area contributed by atoms with Crippen molar-refractivity contribution < 1.29 is 13.3 Å². The number of unbranched alkanes of at least 4 members (excludes halogenated alkanes) is 2. The van der Waals surface area contributed by atoms with Crippen LogP contribution in [0.3, 0.4) is 0 Å². The summed E-state index contributed by atoms with van der Waals surface area (Å²) >= 11 is 0. The molecule has 0 saturated heterocycles. The van der Waals surface area contributed by atoms with E-state index in [0.29, 0.717) is 18.4 Å². The van der Waals surface area contributed by atoms with Crippen molar-refractivity contribution in [1.29, 1.82) is 0 Å². The zero-order valence-corrected chi connectivity index (χ0v) is 14.6. The van der Waals surface area contributed by atoms with Crippen LogP contribution >= 0.6 is 0 Å². The maximum absolute atomic E-state index is 12.5. The summed E-state index contributed by atoms with van der Waals surface area (Å²) in [5.41, 5.74) is -0.230. The number of rotatable bonds is 4. The third-order valence-corrected chi connectivity index (χ3v) is 5.14. The normalized spacial score (nSPS) is 32.9. The van der Waals surface area contributed by atoms with Crippen LogP contribution in [0.1, 0.15) is 56.4 Å². The Kier molecular flexibility index (Phi) is 3.58. The minimum absolute atomic E-state index is 0.0574. The van der Waals surface area contributed by atoms with E-state index in [4.69, 9.17) is 8.54 Å². The van der Waals surface area contributed by atoms with Gasteiger partial charge in [-0.2, -0.15) is 0 Å². The fourth-order valence-corrected chi connectivity index (χ4v) is 3.99. The molecule has 2 aliphatic carbocycles. The average Bonchev–Trinajstić information content (AvgIpc) is 2.72. The van der Waals surface area contributed by atoms with Gasteiger partial charge in [0, 0.05) is 17.0 Å². The van der Waals surface area contributed by atoms with Crippen molar-refractivity contribution in [2.45, 2.75) is 71.9 Å². The molecule has 2 nitrogen and oxygen atoms in total. The van der Waals surface area contributed by atoms with Gasteiger partial charge in [-0.25, -0.2) is 0 Å². The zero-order valence-electron chi connectivity index (χ0n) is 16.6. The van der Waals surface area contributed by atoms with Crippen LogP contribution in [0.15, 0.2) is 11.3 Å². The van der Waals surface area contributed by atoms with E-state index in [-0.39, 0.29) is 17.5 Å². The molecule has 0 bridgehead atoms. The summed E-state index contributed by atoms with van der Waals surface area (Å²) in [5.74, 6) is 6.64. The van der Waals surface area contributed by atoms with Crippen LogP contribution in [0.2, 0.25) is 19.6 Å². The van der Waals surface area contributed by atoms with Crippen LogP contribution in [0.25, 0.3) is 0 Å². The first-order valence-electron chi connectivity index (χ1n) is 9.49. The Morgan fingerprint density at radius 1 is 1.52 bits per heavy atom. The van der Waals surface area contributed by atoms with Gasteiger partial charge in [-0.3, -0.25) is 4.79 Å². The molecule has 0 heterocycles. The lowest BCUT2D eigenvalue weighted by atomic mass is 9.59. The topological polar surface area (TPSA) is 26.3 Å². The quantitative estimate of drug-likeness (QED) is 0.326. The highest BCUT2D eigenvalue weighted by molar-refractivity contribution is 6.70. The molecule has 0 aromatic heterocycles. The average molecular weight is 308 g/mol. The molecule has 116 valence electrons. The molecule has 2 fully saturated rings. The van der Waals surface area contributed by atoms with Gasteiger partial charge in [0.25, 0.3) is 0 Å². The fourth-order valence-electron chi connectivity index (χ4n) is 3.26. The first-order chi connectivity index (χ1) is 11.0. The number of fused-ring (bicyclic) bond motifs is 1. The van der Waals surface area contributed by atoms with Crippen LogP contribution in [0.5, 0.6) is 0 Å². The van der Waals surface area contributed by atoms with E-state index in [2.05, 4.69) is 18.8 Å². The van der Waals surface area contributed by atoms with Gasteiger partial charge in [-0.1, -0.05) is 19.3 Å². The highest BCUT2D eigenvalue weighted by atomic mass is 28.4. The lowest BCUT2D eigenvalue weighted by Crippen LogP contribution is -2.47. The van der Waals surface area contributed by atoms with Crippen LogP contribution < -0.4 is 0 Å². The van der Waals surface area contributed by atoms with Crippen molar-refractivity contribution in [3.8, 4) is 11.8 Å². The lowest BCUT2D eigenvalue weighted by molar-refractivity contribution is -0.135. The molecule has 0 unspecified atom stereocenters. The Morgan fingerprint density at radius 2 is 2.29 bits per heavy atom. The Bertz CT molecular complexity index is 604. The van der Waals surface area contributed by atoms with Gasteiger partial charge in [0.2, 0.25) is 8.32 Å². The monoisotopic (exact) mass is 307 g/mol. The summed E-state index contributed by atoms with van der Waals surface area (Å²) in [4.78, 5) is 12.5. The largest absolute Gasteiger partial charge is 0.548 e. The highest BCUT2D eigenvalue weighted by Crippen LogP contribution is 2.58. The van der Waals surface area contributed by atoms with Gasteiger partial charge in [-0.05, 0) is 57.2 Å². The maximum Gasteiger partial charge on any atom is 0.241 e. The van der Waals surface area contributed by atoms with Crippen molar-refractivity contribution in [2.24, 2.45) is 11.3 Å². The van der Waals surface area contributed by atoms with E-state index < -0.39 is 20.6 Å². The molecule has 0 spiro atoms. The van der Waals surface area contributed by atoms with Crippen molar-refractivity contribution in [2.75, 3.05) is 0 Å². The fraction of sp³-hybridized carbons (Fsp3) is 0.722.